The van der Waals surface area contributed by atoms with Crippen molar-refractivity contribution in [2.75, 3.05) is 0 Å². The van der Waals surface area contributed by atoms with E-state index in [1.165, 1.54) is 5.56 Å². The molecule has 2 aromatic rings. The molecule has 2 rings (SSSR count). The first-order valence-electron chi connectivity index (χ1n) is 5.16. The molecule has 0 saturated heterocycles. The van der Waals surface area contributed by atoms with E-state index >= 15 is 0 Å². The van der Waals surface area contributed by atoms with Gasteiger partial charge in [-0.2, -0.15) is 0 Å². The molecule has 0 bridgehead atoms. The zero-order chi connectivity index (χ0) is 11.4. The molecular weight excluding hydrogens is 220 g/mol. The number of pyridine rings is 1. The molecule has 0 amide bonds. The number of halogens is 1. The van der Waals surface area contributed by atoms with Crippen molar-refractivity contribution in [3.05, 3.63) is 64.9 Å². The van der Waals surface area contributed by atoms with Gasteiger partial charge in [-0.05, 0) is 36.2 Å². The number of hydrogen-bond acceptors (Lipinski definition) is 2. The lowest BCUT2D eigenvalue weighted by Crippen LogP contribution is -2.14. The Bertz CT molecular complexity index is 439. The molecule has 0 radical (unpaired) electrons. The van der Waals surface area contributed by atoms with Crippen molar-refractivity contribution in [2.45, 2.75) is 12.5 Å². The van der Waals surface area contributed by atoms with Gasteiger partial charge in [0.25, 0.3) is 0 Å². The summed E-state index contributed by atoms with van der Waals surface area (Å²) in [4.78, 5) is 4.24. The van der Waals surface area contributed by atoms with Gasteiger partial charge in [0.1, 0.15) is 0 Å². The minimum atomic E-state index is -0.0672. The summed E-state index contributed by atoms with van der Waals surface area (Å²) in [5, 5.41) is 0.746. The predicted octanol–water partition coefficient (Wildman–Crippen LogP) is 2.98. The Hall–Kier alpha value is -1.38. The predicted molar refractivity (Wildman–Crippen MR) is 66.3 cm³/mol. The normalized spacial score (nSPS) is 12.4. The molecule has 82 valence electrons. The quantitative estimate of drug-likeness (QED) is 0.884. The van der Waals surface area contributed by atoms with Crippen molar-refractivity contribution >= 4 is 11.6 Å². The second-order valence-corrected chi connectivity index (χ2v) is 4.13. The summed E-state index contributed by atoms with van der Waals surface area (Å²) in [5.41, 5.74) is 8.15. The van der Waals surface area contributed by atoms with Gasteiger partial charge >= 0.3 is 0 Å². The summed E-state index contributed by atoms with van der Waals surface area (Å²) in [6.07, 6.45) is 2.53. The van der Waals surface area contributed by atoms with Gasteiger partial charge in [-0.25, -0.2) is 0 Å². The monoisotopic (exact) mass is 232 g/mol. The highest BCUT2D eigenvalue weighted by Gasteiger charge is 2.07. The molecule has 1 atom stereocenters. The molecule has 0 fully saturated rings. The smallest absolute Gasteiger partial charge is 0.0574 e. The molecule has 0 spiro atoms. The SMILES string of the molecule is NC(Cc1ccc(Cl)cc1)c1ccccn1. The number of nitrogens with zero attached hydrogens (tertiary/aromatic N) is 1. The standard InChI is InChI=1S/C13H13ClN2/c14-11-6-4-10(5-7-11)9-12(15)13-3-1-2-8-16-13/h1-8,12H,9,15H2. The topological polar surface area (TPSA) is 38.9 Å². The van der Waals surface area contributed by atoms with E-state index in [0.29, 0.717) is 0 Å². The van der Waals surface area contributed by atoms with E-state index in [-0.39, 0.29) is 6.04 Å². The average Bonchev–Trinajstić information content (AvgIpc) is 2.33. The lowest BCUT2D eigenvalue weighted by Gasteiger charge is -2.10. The van der Waals surface area contributed by atoms with Gasteiger partial charge in [-0.15, -0.1) is 0 Å². The maximum Gasteiger partial charge on any atom is 0.0574 e. The minimum Gasteiger partial charge on any atom is -0.322 e. The summed E-state index contributed by atoms with van der Waals surface area (Å²) in [6, 6.07) is 13.5. The van der Waals surface area contributed by atoms with Crippen LogP contribution >= 0.6 is 11.6 Å². The Kier molecular flexibility index (Phi) is 3.54. The van der Waals surface area contributed by atoms with E-state index in [1.807, 2.05) is 42.5 Å². The molecule has 16 heavy (non-hydrogen) atoms. The minimum absolute atomic E-state index is 0.0672. The first kappa shape index (κ1) is 11.1. The van der Waals surface area contributed by atoms with Crippen molar-refractivity contribution < 1.29 is 0 Å². The first-order chi connectivity index (χ1) is 7.75. The van der Waals surface area contributed by atoms with Gasteiger partial charge in [0, 0.05) is 11.2 Å². The molecule has 0 saturated carbocycles. The van der Waals surface area contributed by atoms with Crippen LogP contribution in [0.4, 0.5) is 0 Å². The van der Waals surface area contributed by atoms with Gasteiger partial charge in [0.2, 0.25) is 0 Å². The fraction of sp³-hybridized carbons (Fsp3) is 0.154. The molecule has 0 aliphatic rings. The van der Waals surface area contributed by atoms with Crippen LogP contribution in [-0.2, 0) is 6.42 Å². The highest BCUT2D eigenvalue weighted by atomic mass is 35.5. The largest absolute Gasteiger partial charge is 0.322 e. The molecule has 0 aliphatic carbocycles. The fourth-order valence-corrected chi connectivity index (χ4v) is 1.70. The molecule has 0 aliphatic heterocycles. The van der Waals surface area contributed by atoms with Crippen molar-refractivity contribution in [2.24, 2.45) is 5.73 Å². The van der Waals surface area contributed by atoms with Gasteiger partial charge in [-0.1, -0.05) is 29.8 Å². The second kappa shape index (κ2) is 5.10. The van der Waals surface area contributed by atoms with Gasteiger partial charge < -0.3 is 5.73 Å². The fourth-order valence-electron chi connectivity index (χ4n) is 1.57. The zero-order valence-electron chi connectivity index (χ0n) is 8.81. The third-order valence-corrected chi connectivity index (χ3v) is 2.69. The van der Waals surface area contributed by atoms with E-state index in [1.54, 1.807) is 6.20 Å². The number of aromatic nitrogens is 1. The summed E-state index contributed by atoms with van der Waals surface area (Å²) in [5.74, 6) is 0. The Morgan fingerprint density at radius 1 is 1.12 bits per heavy atom. The Morgan fingerprint density at radius 2 is 1.88 bits per heavy atom. The third-order valence-electron chi connectivity index (χ3n) is 2.44. The maximum absolute atomic E-state index is 6.07. The van der Waals surface area contributed by atoms with Crippen molar-refractivity contribution in [1.82, 2.24) is 4.98 Å². The summed E-state index contributed by atoms with van der Waals surface area (Å²) >= 11 is 5.82. The second-order valence-electron chi connectivity index (χ2n) is 3.69. The van der Waals surface area contributed by atoms with E-state index in [4.69, 9.17) is 17.3 Å². The molecular formula is C13H13ClN2. The van der Waals surface area contributed by atoms with Crippen LogP contribution in [0.15, 0.2) is 48.7 Å². The number of benzene rings is 1. The van der Waals surface area contributed by atoms with Crippen LogP contribution in [0.25, 0.3) is 0 Å². The first-order valence-corrected chi connectivity index (χ1v) is 5.54. The van der Waals surface area contributed by atoms with E-state index in [9.17, 15) is 0 Å². The summed E-state index contributed by atoms with van der Waals surface area (Å²) < 4.78 is 0. The van der Waals surface area contributed by atoms with Crippen LogP contribution in [0.1, 0.15) is 17.3 Å². The number of rotatable bonds is 3. The van der Waals surface area contributed by atoms with Crippen LogP contribution in [0.3, 0.4) is 0 Å². The van der Waals surface area contributed by atoms with Gasteiger partial charge in [0.15, 0.2) is 0 Å². The zero-order valence-corrected chi connectivity index (χ0v) is 9.56. The molecule has 1 unspecified atom stereocenters. The van der Waals surface area contributed by atoms with E-state index < -0.39 is 0 Å². The number of nitrogens with two attached hydrogens (primary N) is 1. The van der Waals surface area contributed by atoms with Crippen molar-refractivity contribution in [1.29, 1.82) is 0 Å². The van der Waals surface area contributed by atoms with E-state index in [0.717, 1.165) is 17.1 Å². The highest BCUT2D eigenvalue weighted by Crippen LogP contribution is 2.16. The van der Waals surface area contributed by atoms with Crippen LogP contribution < -0.4 is 5.73 Å². The lowest BCUT2D eigenvalue weighted by atomic mass is 10.0. The van der Waals surface area contributed by atoms with Crippen LogP contribution in [-0.4, -0.2) is 4.98 Å². The lowest BCUT2D eigenvalue weighted by molar-refractivity contribution is 0.696. The molecule has 3 heteroatoms. The third kappa shape index (κ3) is 2.81. The maximum atomic E-state index is 6.07. The Balaban J connectivity index is 2.08. The van der Waals surface area contributed by atoms with E-state index in [2.05, 4.69) is 4.98 Å². The Morgan fingerprint density at radius 3 is 2.50 bits per heavy atom. The van der Waals surface area contributed by atoms with Crippen molar-refractivity contribution in [3.8, 4) is 0 Å². The molecule has 2 nitrogen and oxygen atoms in total. The van der Waals surface area contributed by atoms with Crippen LogP contribution in [0, 0.1) is 0 Å². The van der Waals surface area contributed by atoms with Gasteiger partial charge in [-0.3, -0.25) is 4.98 Å². The van der Waals surface area contributed by atoms with Crippen molar-refractivity contribution in [3.63, 3.8) is 0 Å². The molecule has 1 aromatic heterocycles. The molecule has 2 N–H and O–H groups in total. The molecule has 1 aromatic carbocycles. The van der Waals surface area contributed by atoms with Crippen LogP contribution in [0.2, 0.25) is 5.02 Å². The summed E-state index contributed by atoms with van der Waals surface area (Å²) in [7, 11) is 0. The molecule has 1 heterocycles. The van der Waals surface area contributed by atoms with Crippen LogP contribution in [0.5, 0.6) is 0 Å². The van der Waals surface area contributed by atoms with Gasteiger partial charge in [0.05, 0.1) is 11.7 Å². The Labute approximate surface area is 100 Å². The average molecular weight is 233 g/mol. The summed E-state index contributed by atoms with van der Waals surface area (Å²) in [6.45, 7) is 0. The highest BCUT2D eigenvalue weighted by molar-refractivity contribution is 6.30. The number of hydrogen-bond donors (Lipinski definition) is 1.